The summed E-state index contributed by atoms with van der Waals surface area (Å²) in [6.45, 7) is 0. The standard InChI is InChI=1S/2CH4N4.BH3O3/c2*2-4-1-5-3;2-1(3)4/h2*1-2H,3H2;2-4H. The van der Waals surface area contributed by atoms with Crippen LogP contribution in [0.4, 0.5) is 0 Å². The van der Waals surface area contributed by atoms with Crippen LogP contribution in [0.15, 0.2) is 20.4 Å². The smallest absolute Gasteiger partial charge is 0.402 e. The number of hydrazone groups is 2. The van der Waals surface area contributed by atoms with Crippen molar-refractivity contribution in [3.8, 4) is 0 Å². The Morgan fingerprint density at radius 1 is 0.929 bits per heavy atom. The lowest BCUT2D eigenvalue weighted by Gasteiger charge is -1.69. The maximum atomic E-state index is 7.17. The van der Waals surface area contributed by atoms with Crippen molar-refractivity contribution in [2.24, 2.45) is 32.1 Å². The van der Waals surface area contributed by atoms with Crippen molar-refractivity contribution in [1.82, 2.24) is 0 Å². The van der Waals surface area contributed by atoms with Crippen LogP contribution in [0.1, 0.15) is 0 Å². The van der Waals surface area contributed by atoms with Gasteiger partial charge in [0, 0.05) is 0 Å². The van der Waals surface area contributed by atoms with E-state index in [2.05, 4.69) is 32.1 Å². The fraction of sp³-hybridized carbons (Fsp3) is 0. The van der Waals surface area contributed by atoms with E-state index in [1.165, 1.54) is 0 Å². The van der Waals surface area contributed by atoms with E-state index in [1.54, 1.807) is 0 Å². The number of rotatable bonds is 2. The van der Waals surface area contributed by atoms with Crippen LogP contribution < -0.4 is 11.7 Å². The second-order valence-electron chi connectivity index (χ2n) is 1.13. The summed E-state index contributed by atoms with van der Waals surface area (Å²) < 4.78 is 0. The van der Waals surface area contributed by atoms with Crippen LogP contribution in [-0.2, 0) is 0 Å². The third kappa shape index (κ3) is 191. The molecule has 0 aliphatic heterocycles. The summed E-state index contributed by atoms with van der Waals surface area (Å²) >= 11 is 0. The summed E-state index contributed by atoms with van der Waals surface area (Å²) in [6, 6.07) is 0. The van der Waals surface area contributed by atoms with Crippen molar-refractivity contribution in [2.45, 2.75) is 0 Å². The lowest BCUT2D eigenvalue weighted by Crippen LogP contribution is -2.07. The van der Waals surface area contributed by atoms with Crippen LogP contribution in [0, 0.1) is 11.1 Å². The first-order valence-corrected chi connectivity index (χ1v) is 2.77. The molecule has 14 heavy (non-hydrogen) atoms. The second kappa shape index (κ2) is 22.5. The van der Waals surface area contributed by atoms with Crippen molar-refractivity contribution in [2.75, 3.05) is 0 Å². The molecule has 0 amide bonds. The van der Waals surface area contributed by atoms with E-state index >= 15 is 0 Å². The summed E-state index contributed by atoms with van der Waals surface area (Å²) in [5.41, 5.74) is 12.0. The van der Waals surface area contributed by atoms with E-state index in [0.717, 1.165) is 12.7 Å². The van der Waals surface area contributed by atoms with Gasteiger partial charge >= 0.3 is 7.32 Å². The van der Waals surface area contributed by atoms with E-state index in [9.17, 15) is 0 Å². The molecule has 0 saturated carbocycles. The molecule has 0 unspecified atom stereocenters. The van der Waals surface area contributed by atoms with Crippen molar-refractivity contribution < 1.29 is 15.1 Å². The third-order valence-electron chi connectivity index (χ3n) is 0.249. The molecule has 0 aliphatic carbocycles. The van der Waals surface area contributed by atoms with Crippen molar-refractivity contribution in [3.63, 3.8) is 0 Å². The van der Waals surface area contributed by atoms with Gasteiger partial charge in [-0.25, -0.2) is 11.1 Å². The van der Waals surface area contributed by atoms with E-state index in [-0.39, 0.29) is 0 Å². The molecule has 11 nitrogen and oxygen atoms in total. The highest BCUT2D eigenvalue weighted by molar-refractivity contribution is 6.30. The Morgan fingerprint density at radius 3 is 1.14 bits per heavy atom. The van der Waals surface area contributed by atoms with Gasteiger partial charge in [-0.2, -0.15) is 10.2 Å². The molecule has 0 aromatic heterocycles. The monoisotopic (exact) mass is 206 g/mol. The predicted molar refractivity (Wildman–Crippen MR) is 48.1 cm³/mol. The van der Waals surface area contributed by atoms with Crippen LogP contribution in [0.3, 0.4) is 0 Å². The molecule has 0 aliphatic rings. The molecule has 0 bridgehead atoms. The molecule has 0 atom stereocenters. The summed E-state index contributed by atoms with van der Waals surface area (Å²) in [7, 11) is -2.17. The van der Waals surface area contributed by atoms with Gasteiger partial charge in [0.25, 0.3) is 0 Å². The Bertz CT molecular complexity index is 151. The molecule has 0 fully saturated rings. The summed E-state index contributed by atoms with van der Waals surface area (Å²) in [4.78, 5) is 0. The van der Waals surface area contributed by atoms with Gasteiger partial charge < -0.3 is 26.8 Å². The zero-order valence-corrected chi connectivity index (χ0v) is 7.02. The molecule has 9 N–H and O–H groups in total. The highest BCUT2D eigenvalue weighted by Gasteiger charge is 1.92. The Hall–Kier alpha value is -1.92. The van der Waals surface area contributed by atoms with Gasteiger partial charge in [0.1, 0.15) is 0 Å². The average molecular weight is 206 g/mol. The lowest BCUT2D eigenvalue weighted by atomic mass is 10.3. The fourth-order valence-electron chi connectivity index (χ4n) is 0.0667. The minimum Gasteiger partial charge on any atom is -0.402 e. The van der Waals surface area contributed by atoms with Gasteiger partial charge in [0.15, 0.2) is 12.7 Å². The van der Waals surface area contributed by atoms with Gasteiger partial charge in [-0.1, -0.05) is 0 Å². The number of nitrogens with zero attached hydrogens (tertiary/aromatic N) is 4. The lowest BCUT2D eigenvalue weighted by molar-refractivity contribution is 0.278. The minimum atomic E-state index is -2.17. The van der Waals surface area contributed by atoms with Crippen LogP contribution in [0.5, 0.6) is 0 Å². The molecular formula is C2H11BN8O3. The summed E-state index contributed by atoms with van der Waals surface area (Å²) in [5.74, 6) is 8.99. The first kappa shape index (κ1) is 18.0. The van der Waals surface area contributed by atoms with E-state index < -0.39 is 7.32 Å². The largest absolute Gasteiger partial charge is 0.631 e. The molecule has 0 heterocycles. The molecule has 80 valence electrons. The van der Waals surface area contributed by atoms with Crippen molar-refractivity contribution in [3.05, 3.63) is 0 Å². The molecule has 0 rings (SSSR count). The van der Waals surface area contributed by atoms with Gasteiger partial charge in [0.05, 0.1) is 0 Å². The van der Waals surface area contributed by atoms with E-state index in [0.29, 0.717) is 0 Å². The molecule has 0 spiro atoms. The Labute approximate surface area is 79.3 Å². The zero-order valence-electron chi connectivity index (χ0n) is 7.02. The van der Waals surface area contributed by atoms with Gasteiger partial charge in [0.2, 0.25) is 0 Å². The number of nitrogens with two attached hydrogens (primary N) is 2. The highest BCUT2D eigenvalue weighted by Crippen LogP contribution is 1.45. The maximum Gasteiger partial charge on any atom is 0.631 e. The highest BCUT2D eigenvalue weighted by atomic mass is 16.5. The zero-order chi connectivity index (χ0) is 11.8. The first-order valence-electron chi connectivity index (χ1n) is 2.77. The molecule has 0 aromatic carbocycles. The fourth-order valence-corrected chi connectivity index (χ4v) is 0.0667. The quantitative estimate of drug-likeness (QED) is 0.0666. The maximum absolute atomic E-state index is 7.17. The Balaban J connectivity index is -0.000000131. The molecule has 0 radical (unpaired) electrons. The Morgan fingerprint density at radius 2 is 1.14 bits per heavy atom. The average Bonchev–Trinajstić information content (AvgIpc) is 2.07. The van der Waals surface area contributed by atoms with Crippen molar-refractivity contribution >= 4 is 20.0 Å². The first-order chi connectivity index (χ1) is 6.56. The van der Waals surface area contributed by atoms with E-state index in [1.807, 2.05) is 0 Å². The minimum absolute atomic E-state index is 0.944. The molecule has 0 saturated heterocycles. The van der Waals surface area contributed by atoms with Gasteiger partial charge in [-0.15, -0.1) is 10.2 Å². The summed E-state index contributed by atoms with van der Waals surface area (Å²) in [6.07, 6.45) is 1.89. The van der Waals surface area contributed by atoms with Crippen LogP contribution in [-0.4, -0.2) is 35.1 Å². The van der Waals surface area contributed by atoms with Crippen LogP contribution in [0.25, 0.3) is 0 Å². The second-order valence-corrected chi connectivity index (χ2v) is 1.13. The molecule has 12 heteroatoms. The van der Waals surface area contributed by atoms with E-state index in [4.69, 9.17) is 26.1 Å². The van der Waals surface area contributed by atoms with Gasteiger partial charge in [-0.05, 0) is 0 Å². The topological polar surface area (TPSA) is 210 Å². The van der Waals surface area contributed by atoms with Crippen LogP contribution in [0.2, 0.25) is 0 Å². The van der Waals surface area contributed by atoms with Gasteiger partial charge in [-0.3, -0.25) is 0 Å². The molecule has 0 aromatic rings. The van der Waals surface area contributed by atoms with Crippen LogP contribution >= 0.6 is 0 Å². The summed E-state index contributed by atoms with van der Waals surface area (Å²) in [5, 5.41) is 32.6. The number of hydrogen-bond donors (Lipinski definition) is 7. The number of hydrogen-bond acceptors (Lipinski definition) is 9. The predicted octanol–water partition coefficient (Wildman–Crippen LogP) is -2.21. The SMILES string of the molecule is N=NC=NN.N=NC=NN.OB(O)O. The number of nitrogens with one attached hydrogen (secondary N) is 2. The third-order valence-corrected chi connectivity index (χ3v) is 0.249. The van der Waals surface area contributed by atoms with Crippen molar-refractivity contribution in [1.29, 1.82) is 11.1 Å². The Kier molecular flexibility index (Phi) is 28.9. The molecular weight excluding hydrogens is 195 g/mol. The normalized spacial score (nSPS) is 8.21.